The third-order valence-electron chi connectivity index (χ3n) is 2.64. The van der Waals surface area contributed by atoms with Gasteiger partial charge in [-0.15, -0.1) is 0 Å². The Morgan fingerprint density at radius 1 is 1.00 bits per heavy atom. The molecular weight excluding hydrogens is 403 g/mol. The average Bonchev–Trinajstić information content (AvgIpc) is 2.40. The molecule has 2 aromatic rings. The van der Waals surface area contributed by atoms with Crippen molar-refractivity contribution in [3.8, 4) is 0 Å². The second-order valence-corrected chi connectivity index (χ2v) is 5.94. The van der Waals surface area contributed by atoms with E-state index in [-0.39, 0.29) is 11.8 Å². The van der Waals surface area contributed by atoms with E-state index < -0.39 is 0 Å². The van der Waals surface area contributed by atoms with Crippen LogP contribution in [0.5, 0.6) is 0 Å². The summed E-state index contributed by atoms with van der Waals surface area (Å²) in [7, 11) is 0. The standard InChI is InChI=1S/C15H12ClIN2O2/c1-9(20)18-11-3-5-12(6-4-11)19-15(21)13-7-2-10(16)8-14(13)17/h2-8H,1H3,(H,18,20)(H,19,21). The van der Waals surface area contributed by atoms with Crippen molar-refractivity contribution < 1.29 is 9.59 Å². The first-order valence-electron chi connectivity index (χ1n) is 6.10. The fourth-order valence-corrected chi connectivity index (χ4v) is 2.83. The predicted octanol–water partition coefficient (Wildman–Crippen LogP) is 4.16. The lowest BCUT2D eigenvalue weighted by Gasteiger charge is -2.08. The molecule has 0 heterocycles. The molecule has 2 aromatic carbocycles. The van der Waals surface area contributed by atoms with E-state index in [0.29, 0.717) is 22.0 Å². The summed E-state index contributed by atoms with van der Waals surface area (Å²) in [5.41, 5.74) is 1.90. The van der Waals surface area contributed by atoms with Crippen LogP contribution in [-0.4, -0.2) is 11.8 Å². The SMILES string of the molecule is CC(=O)Nc1ccc(NC(=O)c2ccc(Cl)cc2I)cc1. The maximum absolute atomic E-state index is 12.2. The van der Waals surface area contributed by atoms with Crippen molar-refractivity contribution in [2.45, 2.75) is 6.92 Å². The fraction of sp³-hybridized carbons (Fsp3) is 0.0667. The molecule has 2 N–H and O–H groups in total. The highest BCUT2D eigenvalue weighted by Gasteiger charge is 2.10. The molecule has 0 saturated heterocycles. The smallest absolute Gasteiger partial charge is 0.256 e. The van der Waals surface area contributed by atoms with Gasteiger partial charge in [0.15, 0.2) is 0 Å². The molecule has 0 spiro atoms. The zero-order valence-electron chi connectivity index (χ0n) is 11.1. The Kier molecular flexibility index (Phi) is 5.19. The number of halogens is 2. The lowest BCUT2D eigenvalue weighted by atomic mass is 10.2. The van der Waals surface area contributed by atoms with Crippen LogP contribution in [0.3, 0.4) is 0 Å². The molecule has 2 amide bonds. The molecular formula is C15H12ClIN2O2. The minimum Gasteiger partial charge on any atom is -0.326 e. The van der Waals surface area contributed by atoms with Crippen LogP contribution >= 0.6 is 34.2 Å². The third-order valence-corrected chi connectivity index (χ3v) is 3.77. The first-order valence-corrected chi connectivity index (χ1v) is 7.55. The van der Waals surface area contributed by atoms with Crippen LogP contribution in [0.2, 0.25) is 5.02 Å². The Hall–Kier alpha value is -1.60. The molecule has 0 saturated carbocycles. The highest BCUT2D eigenvalue weighted by atomic mass is 127. The van der Waals surface area contributed by atoms with E-state index in [9.17, 15) is 9.59 Å². The Morgan fingerprint density at radius 3 is 2.10 bits per heavy atom. The number of carbonyl (C=O) groups excluding carboxylic acids is 2. The summed E-state index contributed by atoms with van der Waals surface area (Å²) in [6, 6.07) is 12.0. The van der Waals surface area contributed by atoms with Crippen molar-refractivity contribution in [2.24, 2.45) is 0 Å². The van der Waals surface area contributed by atoms with Gasteiger partial charge in [-0.25, -0.2) is 0 Å². The van der Waals surface area contributed by atoms with Crippen molar-refractivity contribution in [3.63, 3.8) is 0 Å². The van der Waals surface area contributed by atoms with Crippen LogP contribution in [0.4, 0.5) is 11.4 Å². The highest BCUT2D eigenvalue weighted by molar-refractivity contribution is 14.1. The van der Waals surface area contributed by atoms with Gasteiger partial charge in [-0.05, 0) is 65.1 Å². The summed E-state index contributed by atoms with van der Waals surface area (Å²) >= 11 is 7.94. The lowest BCUT2D eigenvalue weighted by Crippen LogP contribution is -2.13. The van der Waals surface area contributed by atoms with E-state index in [2.05, 4.69) is 33.2 Å². The molecule has 0 radical (unpaired) electrons. The van der Waals surface area contributed by atoms with Crippen molar-refractivity contribution in [3.05, 3.63) is 56.6 Å². The van der Waals surface area contributed by atoms with Crippen molar-refractivity contribution in [2.75, 3.05) is 10.6 Å². The molecule has 0 aliphatic heterocycles. The first-order chi connectivity index (χ1) is 9.95. The first kappa shape index (κ1) is 15.8. The Morgan fingerprint density at radius 2 is 1.57 bits per heavy atom. The number of nitrogens with one attached hydrogen (secondary N) is 2. The van der Waals surface area contributed by atoms with Crippen LogP contribution in [0.25, 0.3) is 0 Å². The van der Waals surface area contributed by atoms with E-state index in [1.807, 2.05) is 0 Å². The van der Waals surface area contributed by atoms with Crippen LogP contribution in [0.1, 0.15) is 17.3 Å². The fourth-order valence-electron chi connectivity index (χ4n) is 1.71. The molecule has 2 rings (SSSR count). The molecule has 0 aromatic heterocycles. The number of anilines is 2. The van der Waals surface area contributed by atoms with E-state index in [1.165, 1.54) is 6.92 Å². The number of carbonyl (C=O) groups is 2. The van der Waals surface area contributed by atoms with Gasteiger partial charge in [0, 0.05) is 26.9 Å². The van der Waals surface area contributed by atoms with Crippen molar-refractivity contribution in [1.82, 2.24) is 0 Å². The Bertz CT molecular complexity index is 687. The Balaban J connectivity index is 2.10. The van der Waals surface area contributed by atoms with Crippen molar-refractivity contribution >= 4 is 57.4 Å². The molecule has 0 bridgehead atoms. The van der Waals surface area contributed by atoms with Gasteiger partial charge >= 0.3 is 0 Å². The monoisotopic (exact) mass is 414 g/mol. The van der Waals surface area contributed by atoms with E-state index >= 15 is 0 Å². The quantitative estimate of drug-likeness (QED) is 0.741. The van der Waals surface area contributed by atoms with Gasteiger partial charge in [0.1, 0.15) is 0 Å². The Labute approximate surface area is 141 Å². The van der Waals surface area contributed by atoms with Crippen LogP contribution in [0, 0.1) is 3.57 Å². The molecule has 0 atom stereocenters. The number of benzene rings is 2. The minimum absolute atomic E-state index is 0.137. The highest BCUT2D eigenvalue weighted by Crippen LogP contribution is 2.20. The summed E-state index contributed by atoms with van der Waals surface area (Å²) in [5, 5.41) is 6.06. The third kappa shape index (κ3) is 4.44. The largest absolute Gasteiger partial charge is 0.326 e. The van der Waals surface area contributed by atoms with Gasteiger partial charge in [-0.2, -0.15) is 0 Å². The van der Waals surface area contributed by atoms with Gasteiger partial charge in [0.05, 0.1) is 5.56 Å². The molecule has 108 valence electrons. The van der Waals surface area contributed by atoms with E-state index in [4.69, 9.17) is 11.6 Å². The van der Waals surface area contributed by atoms with Crippen molar-refractivity contribution in [1.29, 1.82) is 0 Å². The maximum Gasteiger partial charge on any atom is 0.256 e. The number of hydrogen-bond donors (Lipinski definition) is 2. The minimum atomic E-state index is -0.205. The summed E-state index contributed by atoms with van der Waals surface area (Å²) in [6.07, 6.45) is 0. The summed E-state index contributed by atoms with van der Waals surface area (Å²) < 4.78 is 0.785. The van der Waals surface area contributed by atoms with E-state index in [1.54, 1.807) is 42.5 Å². The van der Waals surface area contributed by atoms with E-state index in [0.717, 1.165) is 3.57 Å². The second kappa shape index (κ2) is 6.91. The summed E-state index contributed by atoms with van der Waals surface area (Å²) in [6.45, 7) is 1.44. The zero-order chi connectivity index (χ0) is 15.4. The number of amides is 2. The maximum atomic E-state index is 12.2. The summed E-state index contributed by atoms with van der Waals surface area (Å²) in [4.78, 5) is 23.1. The normalized spacial score (nSPS) is 10.0. The molecule has 0 unspecified atom stereocenters. The van der Waals surface area contributed by atoms with Gasteiger partial charge < -0.3 is 10.6 Å². The van der Waals surface area contributed by atoms with Crippen LogP contribution in [-0.2, 0) is 4.79 Å². The molecule has 21 heavy (non-hydrogen) atoms. The second-order valence-electron chi connectivity index (χ2n) is 4.34. The molecule has 0 aliphatic carbocycles. The van der Waals surface area contributed by atoms with Gasteiger partial charge in [0.2, 0.25) is 5.91 Å². The van der Waals surface area contributed by atoms with Gasteiger partial charge in [-0.3, -0.25) is 9.59 Å². The topological polar surface area (TPSA) is 58.2 Å². The van der Waals surface area contributed by atoms with Crippen LogP contribution < -0.4 is 10.6 Å². The molecule has 0 aliphatic rings. The zero-order valence-corrected chi connectivity index (χ0v) is 14.0. The predicted molar refractivity (Wildman–Crippen MR) is 92.9 cm³/mol. The molecule has 0 fully saturated rings. The number of rotatable bonds is 3. The molecule has 4 nitrogen and oxygen atoms in total. The average molecular weight is 415 g/mol. The lowest BCUT2D eigenvalue weighted by molar-refractivity contribution is -0.114. The van der Waals surface area contributed by atoms with Crippen LogP contribution in [0.15, 0.2) is 42.5 Å². The molecule has 6 heteroatoms. The number of hydrogen-bond acceptors (Lipinski definition) is 2. The van der Waals surface area contributed by atoms with Gasteiger partial charge in [0.25, 0.3) is 5.91 Å². The van der Waals surface area contributed by atoms with Gasteiger partial charge in [-0.1, -0.05) is 11.6 Å². The summed E-state index contributed by atoms with van der Waals surface area (Å²) in [5.74, 6) is -0.342.